The number of ether oxygens (including phenoxy) is 2. The van der Waals surface area contributed by atoms with Crippen molar-refractivity contribution in [3.8, 4) is 0 Å². The van der Waals surface area contributed by atoms with Gasteiger partial charge in [-0.2, -0.15) is 0 Å². The van der Waals surface area contributed by atoms with E-state index in [4.69, 9.17) is 9.47 Å². The first kappa shape index (κ1) is 9.33. The second-order valence-electron chi connectivity index (χ2n) is 3.06. The van der Waals surface area contributed by atoms with Gasteiger partial charge in [-0.15, -0.1) is 0 Å². The molecule has 12 heavy (non-hydrogen) atoms. The van der Waals surface area contributed by atoms with Crippen LogP contribution in [0.1, 0.15) is 20.3 Å². The van der Waals surface area contributed by atoms with Crippen LogP contribution in [-0.2, 0) is 9.47 Å². The van der Waals surface area contributed by atoms with Crippen molar-refractivity contribution in [2.24, 2.45) is 0 Å². The third-order valence-corrected chi connectivity index (χ3v) is 2.33. The molecule has 0 bridgehead atoms. The van der Waals surface area contributed by atoms with Crippen LogP contribution in [0.4, 0.5) is 0 Å². The second kappa shape index (κ2) is 3.76. The lowest BCUT2D eigenvalue weighted by molar-refractivity contribution is 0.124. The molecule has 0 aromatic carbocycles. The number of allylic oxidation sites excluding steroid dienone is 1. The summed E-state index contributed by atoms with van der Waals surface area (Å²) < 4.78 is 10.6. The quantitative estimate of drug-likeness (QED) is 0.629. The summed E-state index contributed by atoms with van der Waals surface area (Å²) in [5.41, 5.74) is 2.41. The fourth-order valence-corrected chi connectivity index (χ4v) is 1.61. The summed E-state index contributed by atoms with van der Waals surface area (Å²) in [5, 5.41) is 0. The van der Waals surface area contributed by atoms with Crippen LogP contribution in [0.3, 0.4) is 0 Å². The van der Waals surface area contributed by atoms with Gasteiger partial charge in [-0.1, -0.05) is 6.08 Å². The summed E-state index contributed by atoms with van der Waals surface area (Å²) in [7, 11) is 3.43. The fourth-order valence-electron chi connectivity index (χ4n) is 1.61. The van der Waals surface area contributed by atoms with Gasteiger partial charge in [-0.05, 0) is 31.4 Å². The molecule has 1 unspecified atom stereocenters. The Morgan fingerprint density at radius 1 is 1.33 bits per heavy atom. The lowest BCUT2D eigenvalue weighted by atomic mass is 9.97. The van der Waals surface area contributed by atoms with E-state index in [0.717, 1.165) is 12.2 Å². The first-order chi connectivity index (χ1) is 5.70. The number of rotatable bonds is 2. The highest BCUT2D eigenvalue weighted by molar-refractivity contribution is 5.34. The lowest BCUT2D eigenvalue weighted by Crippen LogP contribution is -2.17. The average molecular weight is 168 g/mol. The fraction of sp³-hybridized carbons (Fsp3) is 0.600. The minimum atomic E-state index is 0.198. The van der Waals surface area contributed by atoms with Crippen molar-refractivity contribution in [1.82, 2.24) is 0 Å². The molecule has 2 nitrogen and oxygen atoms in total. The van der Waals surface area contributed by atoms with Crippen molar-refractivity contribution in [1.29, 1.82) is 0 Å². The van der Waals surface area contributed by atoms with E-state index in [0.29, 0.717) is 0 Å². The first-order valence-electron chi connectivity index (χ1n) is 4.15. The number of hydrogen-bond donors (Lipinski definition) is 0. The predicted octanol–water partition coefficient (Wildman–Crippen LogP) is 2.27. The molecular weight excluding hydrogens is 152 g/mol. The van der Waals surface area contributed by atoms with E-state index in [1.165, 1.54) is 11.1 Å². The summed E-state index contributed by atoms with van der Waals surface area (Å²) in [4.78, 5) is 0. The zero-order valence-corrected chi connectivity index (χ0v) is 8.18. The zero-order chi connectivity index (χ0) is 9.14. The SMILES string of the molecule is COC1=C(C)C(OC)CC=C1C. The minimum absolute atomic E-state index is 0.198. The van der Waals surface area contributed by atoms with Crippen molar-refractivity contribution < 1.29 is 9.47 Å². The molecule has 2 heteroatoms. The Labute approximate surface area is 73.9 Å². The maximum atomic E-state index is 5.30. The van der Waals surface area contributed by atoms with Crippen LogP contribution in [-0.4, -0.2) is 20.3 Å². The Hall–Kier alpha value is -0.760. The summed E-state index contributed by atoms with van der Waals surface area (Å²) in [5.74, 6) is 0.980. The molecule has 1 aliphatic rings. The van der Waals surface area contributed by atoms with Gasteiger partial charge >= 0.3 is 0 Å². The van der Waals surface area contributed by atoms with Crippen LogP contribution in [0.5, 0.6) is 0 Å². The van der Waals surface area contributed by atoms with E-state index < -0.39 is 0 Å². The molecule has 1 atom stereocenters. The standard InChI is InChI=1S/C10H16O2/c1-7-5-6-9(11-3)8(2)10(7)12-4/h5,9H,6H2,1-4H3. The van der Waals surface area contributed by atoms with Crippen molar-refractivity contribution in [2.75, 3.05) is 14.2 Å². The van der Waals surface area contributed by atoms with Gasteiger partial charge in [0, 0.05) is 7.11 Å². The van der Waals surface area contributed by atoms with Crippen molar-refractivity contribution in [3.05, 3.63) is 23.0 Å². The Kier molecular flexibility index (Phi) is 2.93. The maximum Gasteiger partial charge on any atom is 0.122 e. The largest absolute Gasteiger partial charge is 0.496 e. The van der Waals surface area contributed by atoms with Gasteiger partial charge in [0.2, 0.25) is 0 Å². The summed E-state index contributed by atoms with van der Waals surface area (Å²) in [6.45, 7) is 4.12. The number of hydrogen-bond acceptors (Lipinski definition) is 2. The van der Waals surface area contributed by atoms with Gasteiger partial charge < -0.3 is 9.47 Å². The smallest absolute Gasteiger partial charge is 0.122 e. The van der Waals surface area contributed by atoms with Crippen LogP contribution >= 0.6 is 0 Å². The van der Waals surface area contributed by atoms with Crippen LogP contribution < -0.4 is 0 Å². The van der Waals surface area contributed by atoms with Crippen LogP contribution in [0.25, 0.3) is 0 Å². The van der Waals surface area contributed by atoms with E-state index in [9.17, 15) is 0 Å². The maximum absolute atomic E-state index is 5.30. The number of methoxy groups -OCH3 is 2. The molecule has 0 aliphatic heterocycles. The highest BCUT2D eigenvalue weighted by atomic mass is 16.5. The molecule has 0 amide bonds. The molecule has 0 fully saturated rings. The monoisotopic (exact) mass is 168 g/mol. The molecule has 0 saturated heterocycles. The molecule has 0 aromatic rings. The normalized spacial score (nSPS) is 24.0. The van der Waals surface area contributed by atoms with Crippen molar-refractivity contribution >= 4 is 0 Å². The van der Waals surface area contributed by atoms with Crippen LogP contribution in [0.2, 0.25) is 0 Å². The van der Waals surface area contributed by atoms with Crippen LogP contribution in [0, 0.1) is 0 Å². The van der Waals surface area contributed by atoms with Gasteiger partial charge in [-0.25, -0.2) is 0 Å². The molecule has 0 radical (unpaired) electrons. The van der Waals surface area contributed by atoms with Gasteiger partial charge in [-0.3, -0.25) is 0 Å². The Bertz CT molecular complexity index is 226. The topological polar surface area (TPSA) is 18.5 Å². The summed E-state index contributed by atoms with van der Waals surface area (Å²) >= 11 is 0. The van der Waals surface area contributed by atoms with Gasteiger partial charge in [0.05, 0.1) is 13.2 Å². The van der Waals surface area contributed by atoms with Gasteiger partial charge in [0.25, 0.3) is 0 Å². The lowest BCUT2D eigenvalue weighted by Gasteiger charge is -2.23. The van der Waals surface area contributed by atoms with Gasteiger partial charge in [0.15, 0.2) is 0 Å². The Balaban J connectivity index is 2.92. The zero-order valence-electron chi connectivity index (χ0n) is 8.18. The van der Waals surface area contributed by atoms with E-state index in [-0.39, 0.29) is 6.10 Å². The highest BCUT2D eigenvalue weighted by Gasteiger charge is 2.19. The van der Waals surface area contributed by atoms with E-state index in [1.54, 1.807) is 14.2 Å². The third-order valence-electron chi connectivity index (χ3n) is 2.33. The van der Waals surface area contributed by atoms with Crippen molar-refractivity contribution in [2.45, 2.75) is 26.4 Å². The van der Waals surface area contributed by atoms with E-state index in [1.807, 2.05) is 0 Å². The molecule has 0 spiro atoms. The molecule has 1 rings (SSSR count). The van der Waals surface area contributed by atoms with Crippen LogP contribution in [0.15, 0.2) is 23.0 Å². The second-order valence-corrected chi connectivity index (χ2v) is 3.06. The Morgan fingerprint density at radius 3 is 2.50 bits per heavy atom. The van der Waals surface area contributed by atoms with Crippen molar-refractivity contribution in [3.63, 3.8) is 0 Å². The minimum Gasteiger partial charge on any atom is -0.496 e. The van der Waals surface area contributed by atoms with E-state index >= 15 is 0 Å². The van der Waals surface area contributed by atoms with E-state index in [2.05, 4.69) is 19.9 Å². The average Bonchev–Trinajstić information content (AvgIpc) is 2.06. The molecule has 0 aromatic heterocycles. The van der Waals surface area contributed by atoms with Gasteiger partial charge in [0.1, 0.15) is 5.76 Å². The Morgan fingerprint density at radius 2 is 2.00 bits per heavy atom. The molecule has 0 N–H and O–H groups in total. The highest BCUT2D eigenvalue weighted by Crippen LogP contribution is 2.26. The molecular formula is C10H16O2. The third kappa shape index (κ3) is 1.53. The first-order valence-corrected chi connectivity index (χ1v) is 4.15. The summed E-state index contributed by atoms with van der Waals surface area (Å²) in [6.07, 6.45) is 3.31. The molecule has 1 aliphatic carbocycles. The summed E-state index contributed by atoms with van der Waals surface area (Å²) in [6, 6.07) is 0. The molecule has 0 heterocycles. The predicted molar refractivity (Wildman–Crippen MR) is 48.9 cm³/mol. The molecule has 0 saturated carbocycles. The molecule has 68 valence electrons.